The zero-order chi connectivity index (χ0) is 13.7. The molecule has 1 aromatic heterocycles. The molecule has 0 bridgehead atoms. The summed E-state index contributed by atoms with van der Waals surface area (Å²) in [5.74, 6) is -0.490. The van der Waals surface area contributed by atoms with Gasteiger partial charge in [0, 0.05) is 31.1 Å². The van der Waals surface area contributed by atoms with Crippen molar-refractivity contribution in [2.24, 2.45) is 5.92 Å². The van der Waals surface area contributed by atoms with E-state index in [1.807, 2.05) is 5.38 Å². The van der Waals surface area contributed by atoms with E-state index in [4.69, 9.17) is 5.11 Å². The Bertz CT molecular complexity index is 435. The summed E-state index contributed by atoms with van der Waals surface area (Å²) < 4.78 is 0. The Balaban J connectivity index is 1.82. The van der Waals surface area contributed by atoms with E-state index < -0.39 is 5.97 Å². The number of likely N-dealkylation sites (tertiary alicyclic amines) is 1. The molecular weight excluding hydrogens is 266 g/mol. The van der Waals surface area contributed by atoms with Crippen molar-refractivity contribution in [2.45, 2.75) is 25.7 Å². The van der Waals surface area contributed by atoms with E-state index in [0.717, 1.165) is 19.4 Å². The van der Waals surface area contributed by atoms with E-state index in [1.165, 1.54) is 11.3 Å². The Morgan fingerprint density at radius 2 is 2.42 bits per heavy atom. The fraction of sp³-hybridized carbons (Fsp3) is 0.583. The summed E-state index contributed by atoms with van der Waals surface area (Å²) in [7, 11) is 0. The molecule has 1 unspecified atom stereocenters. The first-order chi connectivity index (χ1) is 9.15. The maximum absolute atomic E-state index is 12.0. The highest BCUT2D eigenvalue weighted by molar-refractivity contribution is 7.13. The van der Waals surface area contributed by atoms with Crippen molar-refractivity contribution in [3.63, 3.8) is 0 Å². The van der Waals surface area contributed by atoms with Gasteiger partial charge in [-0.15, -0.1) is 11.3 Å². The largest absolute Gasteiger partial charge is 0.481 e. The van der Waals surface area contributed by atoms with Gasteiger partial charge in [0.25, 0.3) is 0 Å². The predicted octanol–water partition coefficient (Wildman–Crippen LogP) is 2.25. The molecule has 2 heterocycles. The zero-order valence-electron chi connectivity index (χ0n) is 10.5. The van der Waals surface area contributed by atoms with Crippen molar-refractivity contribution in [1.29, 1.82) is 0 Å². The smallest absolute Gasteiger partial charge is 0.323 e. The van der Waals surface area contributed by atoms with Gasteiger partial charge in [0.1, 0.15) is 0 Å². The number of carbonyl (C=O) groups is 2. The van der Waals surface area contributed by atoms with Crippen LogP contribution in [0.3, 0.4) is 0 Å². The van der Waals surface area contributed by atoms with Crippen LogP contribution in [0.25, 0.3) is 0 Å². The van der Waals surface area contributed by atoms with Crippen molar-refractivity contribution in [2.75, 3.05) is 18.4 Å². The second kappa shape index (κ2) is 6.51. The molecule has 104 valence electrons. The first-order valence-electron chi connectivity index (χ1n) is 6.32. The summed E-state index contributed by atoms with van der Waals surface area (Å²) in [6.07, 6.45) is 4.37. The topological polar surface area (TPSA) is 82.5 Å². The average Bonchev–Trinajstić information content (AvgIpc) is 2.89. The standard InChI is InChI=1S/C12H17N3O3S/c16-10(17)4-3-9-2-1-6-15(8-9)12(18)14-11-13-5-7-19-11/h5,7,9H,1-4,6,8H2,(H,16,17)(H,13,14,18). The molecular formula is C12H17N3O3S. The molecule has 1 fully saturated rings. The van der Waals surface area contributed by atoms with Crippen LogP contribution in [0.1, 0.15) is 25.7 Å². The van der Waals surface area contributed by atoms with Crippen LogP contribution < -0.4 is 5.32 Å². The third-order valence-electron chi connectivity index (χ3n) is 3.22. The monoisotopic (exact) mass is 283 g/mol. The van der Waals surface area contributed by atoms with E-state index in [1.54, 1.807) is 11.1 Å². The van der Waals surface area contributed by atoms with Crippen LogP contribution in [0.4, 0.5) is 9.93 Å². The van der Waals surface area contributed by atoms with E-state index in [-0.39, 0.29) is 18.4 Å². The molecule has 2 N–H and O–H groups in total. The molecule has 0 radical (unpaired) electrons. The third kappa shape index (κ3) is 4.20. The third-order valence-corrected chi connectivity index (χ3v) is 3.91. The number of urea groups is 1. The van der Waals surface area contributed by atoms with Crippen LogP contribution >= 0.6 is 11.3 Å². The summed E-state index contributed by atoms with van der Waals surface area (Å²) in [5, 5.41) is 13.8. The summed E-state index contributed by atoms with van der Waals surface area (Å²) in [6, 6.07) is -0.144. The van der Waals surface area contributed by atoms with Crippen molar-refractivity contribution < 1.29 is 14.7 Å². The normalized spacial score (nSPS) is 19.2. The number of carboxylic acid groups (broad SMARTS) is 1. The number of amides is 2. The van der Waals surface area contributed by atoms with E-state index in [2.05, 4.69) is 10.3 Å². The van der Waals surface area contributed by atoms with E-state index in [9.17, 15) is 9.59 Å². The maximum Gasteiger partial charge on any atom is 0.323 e. The van der Waals surface area contributed by atoms with Crippen molar-refractivity contribution in [1.82, 2.24) is 9.88 Å². The molecule has 6 nitrogen and oxygen atoms in total. The molecule has 1 atom stereocenters. The minimum Gasteiger partial charge on any atom is -0.481 e. The first kappa shape index (κ1) is 13.8. The zero-order valence-corrected chi connectivity index (χ0v) is 11.4. The number of aliphatic carboxylic acids is 1. The fourth-order valence-electron chi connectivity index (χ4n) is 2.27. The van der Waals surface area contributed by atoms with Crippen LogP contribution in [0.15, 0.2) is 11.6 Å². The molecule has 1 aromatic rings. The Morgan fingerprint density at radius 1 is 1.58 bits per heavy atom. The Morgan fingerprint density at radius 3 is 3.11 bits per heavy atom. The summed E-state index contributed by atoms with van der Waals surface area (Å²) in [5.41, 5.74) is 0. The molecule has 7 heteroatoms. The van der Waals surface area contributed by atoms with Gasteiger partial charge in [0.05, 0.1) is 0 Å². The minimum atomic E-state index is -0.774. The van der Waals surface area contributed by atoms with Gasteiger partial charge in [-0.25, -0.2) is 9.78 Å². The van der Waals surface area contributed by atoms with Crippen LogP contribution in [0.2, 0.25) is 0 Å². The Hall–Kier alpha value is -1.63. The SMILES string of the molecule is O=C(O)CCC1CCCN(C(=O)Nc2nccs2)C1. The quantitative estimate of drug-likeness (QED) is 0.888. The fourth-order valence-corrected chi connectivity index (χ4v) is 2.79. The van der Waals surface area contributed by atoms with Crippen LogP contribution in [0, 0.1) is 5.92 Å². The Kier molecular flexibility index (Phi) is 4.73. The van der Waals surface area contributed by atoms with Crippen LogP contribution in [-0.4, -0.2) is 40.1 Å². The minimum absolute atomic E-state index is 0.144. The number of hydrogen-bond donors (Lipinski definition) is 2. The van der Waals surface area contributed by atoms with Gasteiger partial charge >= 0.3 is 12.0 Å². The molecule has 1 aliphatic heterocycles. The molecule has 0 aromatic carbocycles. The van der Waals surface area contributed by atoms with Gasteiger partial charge in [-0.1, -0.05) is 0 Å². The lowest BCUT2D eigenvalue weighted by atomic mass is 9.93. The highest BCUT2D eigenvalue weighted by Gasteiger charge is 2.24. The number of nitrogens with one attached hydrogen (secondary N) is 1. The second-order valence-corrected chi connectivity index (χ2v) is 5.55. The predicted molar refractivity (Wildman–Crippen MR) is 72.3 cm³/mol. The highest BCUT2D eigenvalue weighted by atomic mass is 32.1. The first-order valence-corrected chi connectivity index (χ1v) is 7.20. The lowest BCUT2D eigenvalue weighted by molar-refractivity contribution is -0.137. The molecule has 0 aliphatic carbocycles. The molecule has 19 heavy (non-hydrogen) atoms. The number of carbonyl (C=O) groups excluding carboxylic acids is 1. The van der Waals surface area contributed by atoms with Gasteiger partial charge in [-0.2, -0.15) is 0 Å². The molecule has 1 aliphatic rings. The number of anilines is 1. The van der Waals surface area contributed by atoms with Gasteiger partial charge < -0.3 is 10.0 Å². The van der Waals surface area contributed by atoms with Crippen molar-refractivity contribution in [3.8, 4) is 0 Å². The van der Waals surface area contributed by atoms with Gasteiger partial charge in [0.2, 0.25) is 0 Å². The second-order valence-electron chi connectivity index (χ2n) is 4.65. The van der Waals surface area contributed by atoms with E-state index in [0.29, 0.717) is 18.1 Å². The lowest BCUT2D eigenvalue weighted by Crippen LogP contribution is -2.42. The number of nitrogens with zero attached hydrogens (tertiary/aromatic N) is 2. The Labute approximate surface area is 115 Å². The van der Waals surface area contributed by atoms with E-state index >= 15 is 0 Å². The summed E-state index contributed by atoms with van der Waals surface area (Å²) >= 11 is 1.38. The average molecular weight is 283 g/mol. The number of aromatic nitrogens is 1. The summed E-state index contributed by atoms with van der Waals surface area (Å²) in [6.45, 7) is 1.35. The van der Waals surface area contributed by atoms with Crippen molar-refractivity contribution in [3.05, 3.63) is 11.6 Å². The molecule has 2 rings (SSSR count). The highest BCUT2D eigenvalue weighted by Crippen LogP contribution is 2.22. The molecule has 1 saturated heterocycles. The number of hydrogen-bond acceptors (Lipinski definition) is 4. The van der Waals surface area contributed by atoms with Crippen molar-refractivity contribution >= 4 is 28.5 Å². The molecule has 0 saturated carbocycles. The molecule has 2 amide bonds. The van der Waals surface area contributed by atoms with Crippen LogP contribution in [-0.2, 0) is 4.79 Å². The van der Waals surface area contributed by atoms with Gasteiger partial charge in [0.15, 0.2) is 5.13 Å². The van der Waals surface area contributed by atoms with Gasteiger partial charge in [-0.05, 0) is 25.2 Å². The number of rotatable bonds is 4. The van der Waals surface area contributed by atoms with Crippen LogP contribution in [0.5, 0.6) is 0 Å². The number of thiazole rings is 1. The maximum atomic E-state index is 12.0. The number of piperidine rings is 1. The lowest BCUT2D eigenvalue weighted by Gasteiger charge is -2.32. The molecule has 0 spiro atoms. The summed E-state index contributed by atoms with van der Waals surface area (Å²) in [4.78, 5) is 28.3. The number of carboxylic acids is 1. The van der Waals surface area contributed by atoms with Gasteiger partial charge in [-0.3, -0.25) is 10.1 Å².